The monoisotopic (exact) mass is 437 g/mol. The highest BCUT2D eigenvalue weighted by molar-refractivity contribution is 7.89. The zero-order valence-corrected chi connectivity index (χ0v) is 17.6. The summed E-state index contributed by atoms with van der Waals surface area (Å²) < 4.78 is 32.3. The molecule has 29 heavy (non-hydrogen) atoms. The molecule has 0 radical (unpaired) electrons. The Morgan fingerprint density at radius 2 is 1.86 bits per heavy atom. The smallest absolute Gasteiger partial charge is 0.281 e. The van der Waals surface area contributed by atoms with Crippen molar-refractivity contribution < 1.29 is 22.7 Å². The maximum atomic E-state index is 12.7. The molecule has 1 saturated heterocycles. The van der Waals surface area contributed by atoms with E-state index in [1.165, 1.54) is 10.4 Å². The van der Waals surface area contributed by atoms with Crippen LogP contribution in [-0.2, 0) is 21.2 Å². The number of carbonyl (C=O) groups excluding carboxylic acids is 2. The summed E-state index contributed by atoms with van der Waals surface area (Å²) in [6.45, 7) is 2.61. The summed E-state index contributed by atoms with van der Waals surface area (Å²) in [5.74, 6) is -0.626. The number of para-hydroxylation sites is 1. The number of aryl methyl sites for hydroxylation is 1. The van der Waals surface area contributed by atoms with Gasteiger partial charge in [-0.25, -0.2) is 8.42 Å². The van der Waals surface area contributed by atoms with Crippen LogP contribution >= 0.6 is 11.3 Å². The van der Waals surface area contributed by atoms with Gasteiger partial charge in [0.05, 0.1) is 0 Å². The van der Waals surface area contributed by atoms with Gasteiger partial charge in [0.1, 0.15) is 15.5 Å². The van der Waals surface area contributed by atoms with Gasteiger partial charge in [0, 0.05) is 13.1 Å². The highest BCUT2D eigenvalue weighted by atomic mass is 32.2. The first-order valence-corrected chi connectivity index (χ1v) is 11.6. The molecule has 3 rings (SSSR count). The highest BCUT2D eigenvalue weighted by Crippen LogP contribution is 2.27. The van der Waals surface area contributed by atoms with E-state index in [9.17, 15) is 18.0 Å². The van der Waals surface area contributed by atoms with Crippen molar-refractivity contribution in [1.29, 1.82) is 0 Å². The second kappa shape index (κ2) is 9.38. The Morgan fingerprint density at radius 1 is 1.14 bits per heavy atom. The lowest BCUT2D eigenvalue weighted by Gasteiger charge is -2.15. The number of carbonyl (C=O) groups is 2. The van der Waals surface area contributed by atoms with Gasteiger partial charge < -0.3 is 4.74 Å². The molecule has 1 fully saturated rings. The molecule has 0 spiro atoms. The van der Waals surface area contributed by atoms with Crippen molar-refractivity contribution in [2.24, 2.45) is 0 Å². The molecule has 10 heteroatoms. The standard InChI is InChI=1S/C19H23N3O5S2/c1-2-14-7-3-4-8-15(14)27-13-17(23)20-21-19(24)18-16(9-12-28-18)29(25,26)22-10-5-6-11-22/h3-4,7-9,12H,2,5-6,10-11,13H2,1H3,(H,20,23)(H,21,24). The first-order valence-electron chi connectivity index (χ1n) is 9.31. The first-order chi connectivity index (χ1) is 13.9. The van der Waals surface area contributed by atoms with Gasteiger partial charge in [-0.05, 0) is 42.3 Å². The van der Waals surface area contributed by atoms with Crippen LogP contribution in [0.25, 0.3) is 0 Å². The van der Waals surface area contributed by atoms with Crippen LogP contribution in [0.4, 0.5) is 0 Å². The molecule has 0 aliphatic carbocycles. The molecule has 1 aliphatic heterocycles. The van der Waals surface area contributed by atoms with E-state index in [1.807, 2.05) is 25.1 Å². The van der Waals surface area contributed by atoms with E-state index in [0.717, 1.165) is 36.2 Å². The molecule has 2 N–H and O–H groups in total. The minimum Gasteiger partial charge on any atom is -0.483 e. The third-order valence-corrected chi connectivity index (χ3v) is 7.53. The van der Waals surface area contributed by atoms with Crippen molar-refractivity contribution in [3.63, 3.8) is 0 Å². The molecular formula is C19H23N3O5S2. The number of nitrogens with zero attached hydrogens (tertiary/aromatic N) is 1. The topological polar surface area (TPSA) is 105 Å². The number of amides is 2. The SMILES string of the molecule is CCc1ccccc1OCC(=O)NNC(=O)c1sccc1S(=O)(=O)N1CCCC1. The molecule has 156 valence electrons. The zero-order valence-electron chi connectivity index (χ0n) is 16.0. The molecule has 0 bridgehead atoms. The molecule has 0 atom stereocenters. The van der Waals surface area contributed by atoms with E-state index in [4.69, 9.17) is 4.74 Å². The molecule has 1 aromatic heterocycles. The minimum atomic E-state index is -3.72. The normalized spacial score (nSPS) is 14.5. The van der Waals surface area contributed by atoms with Crippen LogP contribution in [0.1, 0.15) is 35.0 Å². The van der Waals surface area contributed by atoms with Gasteiger partial charge in [0.15, 0.2) is 6.61 Å². The Balaban J connectivity index is 1.57. The fourth-order valence-electron chi connectivity index (χ4n) is 3.03. The predicted octanol–water partition coefficient (Wildman–Crippen LogP) is 1.94. The lowest BCUT2D eigenvalue weighted by Crippen LogP contribution is -2.44. The fraction of sp³-hybridized carbons (Fsp3) is 0.368. The number of hydrogen-bond acceptors (Lipinski definition) is 6. The lowest BCUT2D eigenvalue weighted by molar-refractivity contribution is -0.123. The largest absolute Gasteiger partial charge is 0.483 e. The molecule has 2 amide bonds. The number of thiophene rings is 1. The molecule has 1 aromatic carbocycles. The Labute approximate surface area is 173 Å². The second-order valence-electron chi connectivity index (χ2n) is 6.48. The van der Waals surface area contributed by atoms with Crippen molar-refractivity contribution in [2.75, 3.05) is 19.7 Å². The molecule has 8 nitrogen and oxygen atoms in total. The maximum Gasteiger partial charge on any atom is 0.281 e. The Kier molecular flexibility index (Phi) is 6.88. The first kappa shape index (κ1) is 21.3. The van der Waals surface area contributed by atoms with E-state index < -0.39 is 21.8 Å². The van der Waals surface area contributed by atoms with Gasteiger partial charge in [0.25, 0.3) is 11.8 Å². The number of hydrazine groups is 1. The van der Waals surface area contributed by atoms with Gasteiger partial charge in [-0.2, -0.15) is 4.31 Å². The maximum absolute atomic E-state index is 12.7. The number of hydrogen-bond donors (Lipinski definition) is 2. The van der Waals surface area contributed by atoms with Crippen molar-refractivity contribution >= 4 is 33.2 Å². The third-order valence-electron chi connectivity index (χ3n) is 4.55. The summed E-state index contributed by atoms with van der Waals surface area (Å²) in [6, 6.07) is 8.80. The van der Waals surface area contributed by atoms with Gasteiger partial charge in [0.2, 0.25) is 10.0 Å². The van der Waals surface area contributed by atoms with E-state index >= 15 is 0 Å². The van der Waals surface area contributed by atoms with Crippen LogP contribution in [0.15, 0.2) is 40.6 Å². The van der Waals surface area contributed by atoms with Crippen molar-refractivity contribution in [3.05, 3.63) is 46.2 Å². The third kappa shape index (κ3) is 4.95. The zero-order chi connectivity index (χ0) is 20.9. The summed E-state index contributed by atoms with van der Waals surface area (Å²) in [5.41, 5.74) is 5.50. The Hall–Kier alpha value is -2.43. The van der Waals surface area contributed by atoms with Crippen LogP contribution < -0.4 is 15.6 Å². The van der Waals surface area contributed by atoms with E-state index in [-0.39, 0.29) is 16.4 Å². The summed E-state index contributed by atoms with van der Waals surface area (Å²) in [6.07, 6.45) is 2.38. The van der Waals surface area contributed by atoms with Crippen LogP contribution in [0.3, 0.4) is 0 Å². The molecule has 0 saturated carbocycles. The van der Waals surface area contributed by atoms with Gasteiger partial charge in [-0.1, -0.05) is 25.1 Å². The second-order valence-corrected chi connectivity index (χ2v) is 9.30. The van der Waals surface area contributed by atoms with Crippen LogP contribution in [0, 0.1) is 0 Å². The molecule has 2 heterocycles. The number of ether oxygens (including phenoxy) is 1. The van der Waals surface area contributed by atoms with Gasteiger partial charge in [-0.3, -0.25) is 20.4 Å². The summed E-state index contributed by atoms with van der Waals surface area (Å²) in [7, 11) is -3.72. The van der Waals surface area contributed by atoms with E-state index in [0.29, 0.717) is 18.8 Å². The van der Waals surface area contributed by atoms with Crippen molar-refractivity contribution in [2.45, 2.75) is 31.1 Å². The number of sulfonamides is 1. The van der Waals surface area contributed by atoms with Crippen LogP contribution in [0.5, 0.6) is 5.75 Å². The minimum absolute atomic E-state index is 0.0365. The predicted molar refractivity (Wildman–Crippen MR) is 109 cm³/mol. The highest BCUT2D eigenvalue weighted by Gasteiger charge is 2.31. The number of nitrogens with one attached hydrogen (secondary N) is 2. The number of benzene rings is 1. The average Bonchev–Trinajstić information content (AvgIpc) is 3.43. The summed E-state index contributed by atoms with van der Waals surface area (Å²) >= 11 is 1.01. The lowest BCUT2D eigenvalue weighted by atomic mass is 10.1. The molecule has 2 aromatic rings. The van der Waals surface area contributed by atoms with Crippen molar-refractivity contribution in [3.8, 4) is 5.75 Å². The quantitative estimate of drug-likeness (QED) is 0.644. The van der Waals surface area contributed by atoms with E-state index in [2.05, 4.69) is 10.9 Å². The summed E-state index contributed by atoms with van der Waals surface area (Å²) in [4.78, 5) is 24.4. The Bertz CT molecular complexity index is 981. The van der Waals surface area contributed by atoms with Gasteiger partial charge in [-0.15, -0.1) is 11.3 Å². The van der Waals surface area contributed by atoms with Crippen molar-refractivity contribution in [1.82, 2.24) is 15.2 Å². The molecule has 0 unspecified atom stereocenters. The van der Waals surface area contributed by atoms with Gasteiger partial charge >= 0.3 is 0 Å². The summed E-state index contributed by atoms with van der Waals surface area (Å²) in [5, 5.41) is 1.55. The Morgan fingerprint density at radius 3 is 2.59 bits per heavy atom. The van der Waals surface area contributed by atoms with E-state index in [1.54, 1.807) is 11.4 Å². The number of rotatable bonds is 7. The van der Waals surface area contributed by atoms with Crippen LogP contribution in [-0.4, -0.2) is 44.2 Å². The molecular weight excluding hydrogens is 414 g/mol. The average molecular weight is 438 g/mol. The van der Waals surface area contributed by atoms with Crippen LogP contribution in [0.2, 0.25) is 0 Å². The molecule has 1 aliphatic rings. The fourth-order valence-corrected chi connectivity index (χ4v) is 5.85.